The zero-order valence-electron chi connectivity index (χ0n) is 12.3. The van der Waals surface area contributed by atoms with Gasteiger partial charge in [-0.2, -0.15) is 0 Å². The van der Waals surface area contributed by atoms with E-state index in [-0.39, 0.29) is 13.0 Å². The zero-order valence-corrected chi connectivity index (χ0v) is 12.3. The second kappa shape index (κ2) is 7.08. The van der Waals surface area contributed by atoms with Crippen molar-refractivity contribution in [3.05, 3.63) is 35.4 Å². The highest BCUT2D eigenvalue weighted by molar-refractivity contribution is 6.05. The van der Waals surface area contributed by atoms with Crippen molar-refractivity contribution in [3.63, 3.8) is 0 Å². The molecule has 110 valence electrons. The van der Waals surface area contributed by atoms with Gasteiger partial charge in [0, 0.05) is 0 Å². The van der Waals surface area contributed by atoms with Crippen LogP contribution in [0, 0.1) is 6.92 Å². The van der Waals surface area contributed by atoms with Crippen LogP contribution in [0.15, 0.2) is 24.3 Å². The quantitative estimate of drug-likeness (QED) is 0.615. The normalized spacial score (nSPS) is 13.6. The van der Waals surface area contributed by atoms with Crippen molar-refractivity contribution in [1.82, 2.24) is 0 Å². The fourth-order valence-electron chi connectivity index (χ4n) is 2.22. The number of hydrogen-bond acceptors (Lipinski definition) is 3. The molecule has 0 aromatic heterocycles. The molecule has 0 fully saturated rings. The molecule has 0 saturated heterocycles. The number of carbonyl (C=O) groups excluding carboxylic acids is 1. The van der Waals surface area contributed by atoms with Crippen LogP contribution in [0.2, 0.25) is 0 Å². The highest BCUT2D eigenvalue weighted by Crippen LogP contribution is 2.32. The molecule has 0 aliphatic carbocycles. The third kappa shape index (κ3) is 3.18. The second-order valence-electron chi connectivity index (χ2n) is 4.90. The van der Waals surface area contributed by atoms with Gasteiger partial charge in [-0.3, -0.25) is 9.59 Å². The average molecular weight is 278 g/mol. The van der Waals surface area contributed by atoms with Crippen molar-refractivity contribution < 1.29 is 19.4 Å². The van der Waals surface area contributed by atoms with E-state index in [0.717, 1.165) is 12.0 Å². The zero-order chi connectivity index (χ0) is 15.2. The van der Waals surface area contributed by atoms with Crippen LogP contribution in [-0.4, -0.2) is 23.7 Å². The molecule has 4 nitrogen and oxygen atoms in total. The third-order valence-corrected chi connectivity index (χ3v) is 3.44. The molecule has 1 aromatic rings. The van der Waals surface area contributed by atoms with Gasteiger partial charge in [-0.1, -0.05) is 49.6 Å². The van der Waals surface area contributed by atoms with E-state index >= 15 is 0 Å². The van der Waals surface area contributed by atoms with Gasteiger partial charge in [-0.25, -0.2) is 0 Å². The number of rotatable bonds is 7. The maximum Gasteiger partial charge on any atom is 0.328 e. The Morgan fingerprint density at radius 3 is 2.25 bits per heavy atom. The van der Waals surface area contributed by atoms with Crippen molar-refractivity contribution in [2.75, 3.05) is 6.61 Å². The van der Waals surface area contributed by atoms with Crippen LogP contribution < -0.4 is 0 Å². The summed E-state index contributed by atoms with van der Waals surface area (Å²) < 4.78 is 5.03. The summed E-state index contributed by atoms with van der Waals surface area (Å²) in [6.07, 6.45) is 1.72. The summed E-state index contributed by atoms with van der Waals surface area (Å²) >= 11 is 0. The molecule has 0 bridgehead atoms. The standard InChI is InChI=1S/C16H22O4/c1-4-6-11-16(14(17)18,15(19)20-5-2)13-9-7-12(3)8-10-13/h7-10H,4-6,11H2,1-3H3,(H,17,18). The largest absolute Gasteiger partial charge is 0.480 e. The number of hydrogen-bond donors (Lipinski definition) is 1. The molecular formula is C16H22O4. The van der Waals surface area contributed by atoms with E-state index in [1.54, 1.807) is 19.1 Å². The van der Waals surface area contributed by atoms with Crippen LogP contribution in [-0.2, 0) is 19.7 Å². The number of aliphatic carboxylic acids is 1. The highest BCUT2D eigenvalue weighted by atomic mass is 16.5. The molecule has 0 aliphatic rings. The summed E-state index contributed by atoms with van der Waals surface area (Å²) in [7, 11) is 0. The van der Waals surface area contributed by atoms with Crippen molar-refractivity contribution in [3.8, 4) is 0 Å². The molecule has 0 aliphatic heterocycles. The number of esters is 1. The molecule has 0 amide bonds. The van der Waals surface area contributed by atoms with Crippen LogP contribution in [0.5, 0.6) is 0 Å². The van der Waals surface area contributed by atoms with Gasteiger partial charge in [0.2, 0.25) is 0 Å². The molecular weight excluding hydrogens is 256 g/mol. The molecule has 0 heterocycles. The summed E-state index contributed by atoms with van der Waals surface area (Å²) in [5, 5.41) is 9.67. The Balaban J connectivity index is 3.31. The number of carboxylic acids is 1. The van der Waals surface area contributed by atoms with Crippen molar-refractivity contribution in [2.45, 2.75) is 45.4 Å². The van der Waals surface area contributed by atoms with Gasteiger partial charge in [0.1, 0.15) is 0 Å². The molecule has 1 unspecified atom stereocenters. The van der Waals surface area contributed by atoms with Crippen molar-refractivity contribution in [2.24, 2.45) is 0 Å². The number of carbonyl (C=O) groups is 2. The van der Waals surface area contributed by atoms with Gasteiger partial charge in [0.25, 0.3) is 0 Å². The van der Waals surface area contributed by atoms with Crippen molar-refractivity contribution >= 4 is 11.9 Å². The molecule has 1 rings (SSSR count). The van der Waals surface area contributed by atoms with Crippen molar-refractivity contribution in [1.29, 1.82) is 0 Å². The summed E-state index contributed by atoms with van der Waals surface area (Å²) in [6, 6.07) is 7.04. The lowest BCUT2D eigenvalue weighted by molar-refractivity contribution is -0.162. The summed E-state index contributed by atoms with van der Waals surface area (Å²) in [5.74, 6) is -1.82. The highest BCUT2D eigenvalue weighted by Gasteiger charge is 2.48. The Morgan fingerprint density at radius 2 is 1.80 bits per heavy atom. The van der Waals surface area contributed by atoms with Crippen LogP contribution in [0.3, 0.4) is 0 Å². The second-order valence-corrected chi connectivity index (χ2v) is 4.90. The van der Waals surface area contributed by atoms with Gasteiger partial charge >= 0.3 is 11.9 Å². The Kier molecular flexibility index (Phi) is 5.74. The molecule has 0 spiro atoms. The van der Waals surface area contributed by atoms with Gasteiger partial charge in [-0.15, -0.1) is 0 Å². The number of aryl methyl sites for hydroxylation is 1. The first-order valence-electron chi connectivity index (χ1n) is 6.96. The monoisotopic (exact) mass is 278 g/mol. The minimum absolute atomic E-state index is 0.172. The molecule has 0 saturated carbocycles. The lowest BCUT2D eigenvalue weighted by atomic mass is 9.76. The van der Waals surface area contributed by atoms with E-state index in [4.69, 9.17) is 4.74 Å². The topological polar surface area (TPSA) is 63.6 Å². The number of unbranched alkanes of at least 4 members (excludes halogenated alkanes) is 1. The van der Waals surface area contributed by atoms with Crippen LogP contribution in [0.1, 0.15) is 44.2 Å². The first kappa shape index (κ1) is 16.2. The predicted octanol–water partition coefficient (Wildman–Crippen LogP) is 3.07. The van der Waals surface area contributed by atoms with E-state index in [9.17, 15) is 14.7 Å². The van der Waals surface area contributed by atoms with Gasteiger partial charge in [0.05, 0.1) is 6.61 Å². The molecule has 1 atom stereocenters. The minimum atomic E-state index is -1.60. The first-order valence-corrected chi connectivity index (χ1v) is 6.96. The first-order chi connectivity index (χ1) is 9.48. The van der Waals surface area contributed by atoms with Crippen LogP contribution >= 0.6 is 0 Å². The van der Waals surface area contributed by atoms with Crippen LogP contribution in [0.25, 0.3) is 0 Å². The molecule has 1 N–H and O–H groups in total. The SMILES string of the molecule is CCCCC(C(=O)O)(C(=O)OCC)c1ccc(C)cc1. The van der Waals surface area contributed by atoms with Gasteiger partial charge < -0.3 is 9.84 Å². The fourth-order valence-corrected chi connectivity index (χ4v) is 2.22. The fraction of sp³-hybridized carbons (Fsp3) is 0.500. The Hall–Kier alpha value is -1.84. The average Bonchev–Trinajstić information content (AvgIpc) is 2.41. The van der Waals surface area contributed by atoms with E-state index in [2.05, 4.69) is 0 Å². The Labute approximate surface area is 119 Å². The van der Waals surface area contributed by atoms with E-state index in [1.165, 1.54) is 0 Å². The van der Waals surface area contributed by atoms with E-state index < -0.39 is 17.4 Å². The van der Waals surface area contributed by atoms with Gasteiger partial charge in [0.15, 0.2) is 5.41 Å². The lowest BCUT2D eigenvalue weighted by Gasteiger charge is -2.27. The van der Waals surface area contributed by atoms with E-state index in [0.29, 0.717) is 12.0 Å². The molecule has 20 heavy (non-hydrogen) atoms. The Morgan fingerprint density at radius 1 is 1.20 bits per heavy atom. The number of benzene rings is 1. The number of carboxylic acid groups (broad SMARTS) is 1. The smallest absolute Gasteiger partial charge is 0.328 e. The summed E-state index contributed by atoms with van der Waals surface area (Å²) in [6.45, 7) is 5.74. The lowest BCUT2D eigenvalue weighted by Crippen LogP contribution is -2.45. The van der Waals surface area contributed by atoms with Gasteiger partial charge in [-0.05, 0) is 25.8 Å². The van der Waals surface area contributed by atoms with Crippen LogP contribution in [0.4, 0.5) is 0 Å². The van der Waals surface area contributed by atoms with E-state index in [1.807, 2.05) is 26.0 Å². The molecule has 1 aromatic carbocycles. The maximum atomic E-state index is 12.3. The third-order valence-electron chi connectivity index (χ3n) is 3.44. The maximum absolute atomic E-state index is 12.3. The summed E-state index contributed by atoms with van der Waals surface area (Å²) in [5.41, 5.74) is -0.0883. The minimum Gasteiger partial charge on any atom is -0.480 e. The predicted molar refractivity (Wildman–Crippen MR) is 76.7 cm³/mol. The number of ether oxygens (including phenoxy) is 1. The molecule has 0 radical (unpaired) electrons. The molecule has 4 heteroatoms. The summed E-state index contributed by atoms with van der Waals surface area (Å²) in [4.78, 5) is 24.1. The Bertz CT molecular complexity index is 464.